The van der Waals surface area contributed by atoms with Crippen molar-refractivity contribution >= 4 is 11.9 Å². The van der Waals surface area contributed by atoms with Crippen LogP contribution in [0.5, 0.6) is 6.01 Å². The van der Waals surface area contributed by atoms with Gasteiger partial charge >= 0.3 is 6.01 Å². The van der Waals surface area contributed by atoms with E-state index in [0.29, 0.717) is 24.5 Å². The molecule has 0 aromatic carbocycles. The SMILES string of the molecule is CCCOc1nc(NCC)nc(NCCC2CCCC2)n1. The monoisotopic (exact) mass is 293 g/mol. The first-order valence-corrected chi connectivity index (χ1v) is 8.18. The van der Waals surface area contributed by atoms with Crippen LogP contribution in [0.2, 0.25) is 0 Å². The van der Waals surface area contributed by atoms with Crippen molar-refractivity contribution in [3.8, 4) is 6.01 Å². The van der Waals surface area contributed by atoms with Gasteiger partial charge in [0.1, 0.15) is 0 Å². The van der Waals surface area contributed by atoms with Gasteiger partial charge in [-0.15, -0.1) is 0 Å². The van der Waals surface area contributed by atoms with Gasteiger partial charge in [-0.3, -0.25) is 0 Å². The third kappa shape index (κ3) is 5.36. The van der Waals surface area contributed by atoms with Crippen molar-refractivity contribution in [3.05, 3.63) is 0 Å². The first kappa shape index (κ1) is 15.8. The van der Waals surface area contributed by atoms with E-state index in [4.69, 9.17) is 4.74 Å². The van der Waals surface area contributed by atoms with Crippen molar-refractivity contribution in [2.45, 2.75) is 52.4 Å². The van der Waals surface area contributed by atoms with Crippen molar-refractivity contribution in [3.63, 3.8) is 0 Å². The highest BCUT2D eigenvalue weighted by molar-refractivity contribution is 5.35. The minimum absolute atomic E-state index is 0.395. The number of anilines is 2. The van der Waals surface area contributed by atoms with Gasteiger partial charge in [0.25, 0.3) is 0 Å². The van der Waals surface area contributed by atoms with E-state index < -0.39 is 0 Å². The Labute approximate surface area is 127 Å². The van der Waals surface area contributed by atoms with E-state index in [9.17, 15) is 0 Å². The van der Waals surface area contributed by atoms with Crippen LogP contribution in [0.15, 0.2) is 0 Å². The Balaban J connectivity index is 1.90. The lowest BCUT2D eigenvalue weighted by Gasteiger charge is -2.11. The van der Waals surface area contributed by atoms with E-state index in [1.165, 1.54) is 32.1 Å². The molecule has 0 radical (unpaired) electrons. The van der Waals surface area contributed by atoms with E-state index in [2.05, 4.69) is 32.5 Å². The normalized spacial score (nSPS) is 15.1. The van der Waals surface area contributed by atoms with E-state index in [0.717, 1.165) is 25.4 Å². The number of hydrogen-bond donors (Lipinski definition) is 2. The maximum atomic E-state index is 5.52. The second kappa shape index (κ2) is 8.64. The standard InChI is InChI=1S/C15H27N5O/c1-3-11-21-15-19-13(16-4-2)18-14(20-15)17-10-9-12-7-5-6-8-12/h12H,3-11H2,1-2H3,(H2,16,17,18,19,20). The fourth-order valence-electron chi connectivity index (χ4n) is 2.62. The van der Waals surface area contributed by atoms with Crippen molar-refractivity contribution in [1.29, 1.82) is 0 Å². The van der Waals surface area contributed by atoms with E-state index >= 15 is 0 Å². The summed E-state index contributed by atoms with van der Waals surface area (Å²) in [6, 6.07) is 0.395. The van der Waals surface area contributed by atoms with Gasteiger partial charge < -0.3 is 15.4 Å². The molecule has 0 bridgehead atoms. The molecule has 6 heteroatoms. The summed E-state index contributed by atoms with van der Waals surface area (Å²) in [6.07, 6.45) is 7.63. The summed E-state index contributed by atoms with van der Waals surface area (Å²) in [4.78, 5) is 12.9. The molecule has 1 aliphatic rings. The van der Waals surface area contributed by atoms with Gasteiger partial charge in [0, 0.05) is 13.1 Å². The zero-order valence-corrected chi connectivity index (χ0v) is 13.2. The fraction of sp³-hybridized carbons (Fsp3) is 0.800. The third-order valence-corrected chi connectivity index (χ3v) is 3.70. The predicted molar refractivity (Wildman–Crippen MR) is 84.8 cm³/mol. The van der Waals surface area contributed by atoms with Crippen LogP contribution in [0.4, 0.5) is 11.9 Å². The van der Waals surface area contributed by atoms with Gasteiger partial charge in [-0.05, 0) is 25.7 Å². The van der Waals surface area contributed by atoms with Crippen LogP contribution in [0.3, 0.4) is 0 Å². The molecule has 6 nitrogen and oxygen atoms in total. The Kier molecular flexibility index (Phi) is 6.50. The summed E-state index contributed by atoms with van der Waals surface area (Å²) in [6.45, 7) is 6.39. The Morgan fingerprint density at radius 1 is 1.05 bits per heavy atom. The van der Waals surface area contributed by atoms with Gasteiger partial charge in [0.15, 0.2) is 0 Å². The maximum Gasteiger partial charge on any atom is 0.323 e. The van der Waals surface area contributed by atoms with Crippen molar-refractivity contribution in [2.24, 2.45) is 5.92 Å². The summed E-state index contributed by atoms with van der Waals surface area (Å²) in [5.74, 6) is 2.04. The molecule has 1 aromatic rings. The van der Waals surface area contributed by atoms with Crippen molar-refractivity contribution < 1.29 is 4.74 Å². The lowest BCUT2D eigenvalue weighted by molar-refractivity contribution is 0.292. The lowest BCUT2D eigenvalue weighted by atomic mass is 10.0. The minimum Gasteiger partial charge on any atom is -0.463 e. The average molecular weight is 293 g/mol. The van der Waals surface area contributed by atoms with E-state index in [1.807, 2.05) is 6.92 Å². The minimum atomic E-state index is 0.395. The molecule has 0 spiro atoms. The Bertz CT molecular complexity index is 421. The van der Waals surface area contributed by atoms with Crippen LogP contribution in [0, 0.1) is 5.92 Å². The van der Waals surface area contributed by atoms with Gasteiger partial charge in [-0.25, -0.2) is 0 Å². The molecule has 0 aliphatic heterocycles. The molecule has 0 unspecified atom stereocenters. The third-order valence-electron chi connectivity index (χ3n) is 3.70. The highest BCUT2D eigenvalue weighted by Crippen LogP contribution is 2.27. The Morgan fingerprint density at radius 3 is 2.43 bits per heavy atom. The van der Waals surface area contributed by atoms with Gasteiger partial charge in [0.2, 0.25) is 11.9 Å². The molecule has 2 rings (SSSR count). The largest absolute Gasteiger partial charge is 0.463 e. The van der Waals surface area contributed by atoms with Crippen LogP contribution < -0.4 is 15.4 Å². The lowest BCUT2D eigenvalue weighted by Crippen LogP contribution is -2.13. The molecule has 1 aliphatic carbocycles. The first-order chi connectivity index (χ1) is 10.3. The van der Waals surface area contributed by atoms with Gasteiger partial charge in [-0.2, -0.15) is 15.0 Å². The van der Waals surface area contributed by atoms with E-state index in [1.54, 1.807) is 0 Å². The molecule has 1 saturated carbocycles. The number of nitrogens with zero attached hydrogens (tertiary/aromatic N) is 3. The first-order valence-electron chi connectivity index (χ1n) is 8.18. The van der Waals surface area contributed by atoms with Crippen LogP contribution in [-0.4, -0.2) is 34.6 Å². The quantitative estimate of drug-likeness (QED) is 0.729. The molecule has 1 heterocycles. The fourth-order valence-corrected chi connectivity index (χ4v) is 2.62. The van der Waals surface area contributed by atoms with Crippen molar-refractivity contribution in [2.75, 3.05) is 30.3 Å². The zero-order chi connectivity index (χ0) is 14.9. The summed E-state index contributed by atoms with van der Waals surface area (Å²) in [7, 11) is 0. The molecule has 2 N–H and O–H groups in total. The highest BCUT2D eigenvalue weighted by atomic mass is 16.5. The highest BCUT2D eigenvalue weighted by Gasteiger charge is 2.14. The number of aromatic nitrogens is 3. The molecule has 118 valence electrons. The summed E-state index contributed by atoms with van der Waals surface area (Å²) in [5, 5.41) is 6.42. The summed E-state index contributed by atoms with van der Waals surface area (Å²) in [5.41, 5.74) is 0. The van der Waals surface area contributed by atoms with Gasteiger partial charge in [0.05, 0.1) is 6.61 Å². The number of ether oxygens (including phenoxy) is 1. The smallest absolute Gasteiger partial charge is 0.323 e. The second-order valence-corrected chi connectivity index (χ2v) is 5.51. The molecule has 0 saturated heterocycles. The molecule has 0 amide bonds. The van der Waals surface area contributed by atoms with Crippen molar-refractivity contribution in [1.82, 2.24) is 15.0 Å². The molecular weight excluding hydrogens is 266 g/mol. The van der Waals surface area contributed by atoms with Crippen LogP contribution in [0.1, 0.15) is 52.4 Å². The Morgan fingerprint density at radius 2 is 1.76 bits per heavy atom. The molecule has 0 atom stereocenters. The predicted octanol–water partition coefficient (Wildman–Crippen LogP) is 3.08. The molecule has 21 heavy (non-hydrogen) atoms. The molecular formula is C15H27N5O. The van der Waals surface area contributed by atoms with E-state index in [-0.39, 0.29) is 0 Å². The Hall–Kier alpha value is -1.59. The van der Waals surface area contributed by atoms with Gasteiger partial charge in [-0.1, -0.05) is 32.6 Å². The number of nitrogens with one attached hydrogen (secondary N) is 2. The van der Waals surface area contributed by atoms with Crippen LogP contribution in [-0.2, 0) is 0 Å². The van der Waals surface area contributed by atoms with Crippen LogP contribution >= 0.6 is 0 Å². The number of hydrogen-bond acceptors (Lipinski definition) is 6. The topological polar surface area (TPSA) is 72.0 Å². The summed E-state index contributed by atoms with van der Waals surface area (Å²) >= 11 is 0. The summed E-state index contributed by atoms with van der Waals surface area (Å²) < 4.78 is 5.52. The maximum absolute atomic E-state index is 5.52. The number of rotatable bonds is 9. The molecule has 1 fully saturated rings. The molecule has 1 aromatic heterocycles. The van der Waals surface area contributed by atoms with Crippen LogP contribution in [0.25, 0.3) is 0 Å². The second-order valence-electron chi connectivity index (χ2n) is 5.51. The average Bonchev–Trinajstić information content (AvgIpc) is 2.99. The zero-order valence-electron chi connectivity index (χ0n) is 13.2.